The van der Waals surface area contributed by atoms with Gasteiger partial charge in [0.05, 0.1) is 26.2 Å². The molecule has 0 fully saturated rings. The van der Waals surface area contributed by atoms with Crippen molar-refractivity contribution < 1.29 is 76.1 Å². The first-order chi connectivity index (χ1) is 9.20. The fraction of sp³-hybridized carbons (Fsp3) is 0.600. The normalized spacial score (nSPS) is 9.73. The van der Waals surface area contributed by atoms with Crippen molar-refractivity contribution in [2.45, 2.75) is 0 Å². The van der Waals surface area contributed by atoms with Crippen molar-refractivity contribution in [2.24, 2.45) is 0 Å². The molecule has 0 radical (unpaired) electrons. The van der Waals surface area contributed by atoms with Crippen LogP contribution in [0.25, 0.3) is 0 Å². The fourth-order valence-corrected chi connectivity index (χ4v) is 1.48. The summed E-state index contributed by atoms with van der Waals surface area (Å²) in [4.78, 5) is 44.4. The van der Waals surface area contributed by atoms with E-state index in [1.54, 1.807) is 0 Å². The molecule has 0 aromatic carbocycles. The second-order valence-electron chi connectivity index (χ2n) is 4.00. The van der Waals surface area contributed by atoms with Gasteiger partial charge in [-0.1, -0.05) is 0 Å². The van der Waals surface area contributed by atoms with E-state index in [0.29, 0.717) is 0 Å². The van der Waals surface area contributed by atoms with Gasteiger partial charge in [0.25, 0.3) is 0 Å². The topological polar surface area (TPSA) is 187 Å². The smallest absolute Gasteiger partial charge is 1.00 e. The third kappa shape index (κ3) is 15.2. The van der Waals surface area contributed by atoms with E-state index < -0.39 is 50.1 Å². The van der Waals surface area contributed by atoms with E-state index in [2.05, 4.69) is 0 Å². The average Bonchev–Trinajstić information content (AvgIpc) is 2.22. The summed E-state index contributed by atoms with van der Waals surface area (Å²) in [5, 5.41) is 34.5. The third-order valence-electron chi connectivity index (χ3n) is 2.17. The molecular weight excluding hydrogens is 315 g/mol. The molecule has 0 heterocycles. The van der Waals surface area contributed by atoms with Crippen molar-refractivity contribution in [1.29, 1.82) is 0 Å². The van der Waals surface area contributed by atoms with Crippen LogP contribution in [-0.2, 0) is 19.2 Å². The van der Waals surface area contributed by atoms with Gasteiger partial charge < -0.3 is 27.3 Å². The van der Waals surface area contributed by atoms with Crippen LogP contribution in [0.3, 0.4) is 0 Å². The van der Waals surface area contributed by atoms with Crippen molar-refractivity contribution in [3.8, 4) is 0 Å². The first-order valence-corrected chi connectivity index (χ1v) is 5.52. The van der Waals surface area contributed by atoms with Gasteiger partial charge in [-0.25, -0.2) is 0 Å². The van der Waals surface area contributed by atoms with E-state index in [1.807, 2.05) is 0 Å². The second kappa shape index (κ2) is 13.4. The Morgan fingerprint density at radius 1 is 0.636 bits per heavy atom. The number of carboxylic acid groups (broad SMARTS) is 4. The van der Waals surface area contributed by atoms with E-state index in [4.69, 9.17) is 20.4 Å². The van der Waals surface area contributed by atoms with Crippen molar-refractivity contribution in [2.75, 3.05) is 39.3 Å². The molecule has 124 valence electrons. The molecule has 0 unspecified atom stereocenters. The molecule has 0 aromatic heterocycles. The van der Waals surface area contributed by atoms with Gasteiger partial charge >= 0.3 is 53.4 Å². The molecule has 0 aliphatic carbocycles. The number of aliphatic carboxylic acids is 4. The van der Waals surface area contributed by atoms with Crippen molar-refractivity contribution in [3.63, 3.8) is 0 Å². The van der Waals surface area contributed by atoms with Gasteiger partial charge in [-0.15, -0.1) is 0 Å². The summed E-state index contributed by atoms with van der Waals surface area (Å²) in [5.41, 5.74) is 0. The maximum absolute atomic E-state index is 10.6. The van der Waals surface area contributed by atoms with Crippen molar-refractivity contribution in [3.05, 3.63) is 0 Å². The molecule has 0 spiro atoms. The summed E-state index contributed by atoms with van der Waals surface area (Å²) in [7, 11) is 0. The second-order valence-corrected chi connectivity index (χ2v) is 4.00. The van der Waals surface area contributed by atoms with Gasteiger partial charge in [0.1, 0.15) is 0 Å². The number of rotatable bonds is 11. The Kier molecular flexibility index (Phi) is 15.7. The molecule has 0 rings (SSSR count). The first kappa shape index (κ1) is 25.7. The van der Waals surface area contributed by atoms with E-state index in [9.17, 15) is 19.2 Å². The minimum Gasteiger partial charge on any atom is -1.00 e. The zero-order chi connectivity index (χ0) is 15.7. The van der Waals surface area contributed by atoms with Crippen LogP contribution in [0.15, 0.2) is 0 Å². The van der Waals surface area contributed by atoms with Crippen LogP contribution in [0.4, 0.5) is 0 Å². The predicted octanol–water partition coefficient (Wildman–Crippen LogP) is -5.78. The molecular formula is C10H19N2NaO9. The Morgan fingerprint density at radius 2 is 0.818 bits per heavy atom. The van der Waals surface area contributed by atoms with Gasteiger partial charge in [-0.05, 0) is 0 Å². The van der Waals surface area contributed by atoms with E-state index >= 15 is 0 Å². The van der Waals surface area contributed by atoms with Crippen LogP contribution in [-0.4, -0.2) is 98.8 Å². The SMILES string of the molecule is O.O=C(O)CN(CCN(CC(=O)O)CC(=O)O)CC(=O)O.[H-].[Na+]. The Morgan fingerprint density at radius 3 is 0.955 bits per heavy atom. The number of carboxylic acids is 4. The summed E-state index contributed by atoms with van der Waals surface area (Å²) in [6.07, 6.45) is 0. The summed E-state index contributed by atoms with van der Waals surface area (Å²) >= 11 is 0. The monoisotopic (exact) mass is 334 g/mol. The summed E-state index contributed by atoms with van der Waals surface area (Å²) in [5.74, 6) is -4.91. The number of hydrogen-bond donors (Lipinski definition) is 4. The largest absolute Gasteiger partial charge is 1.00 e. The number of hydrogen-bond acceptors (Lipinski definition) is 6. The molecule has 0 saturated heterocycles. The van der Waals surface area contributed by atoms with Crippen molar-refractivity contribution in [1.82, 2.24) is 9.80 Å². The Hall–Kier alpha value is -1.24. The van der Waals surface area contributed by atoms with Crippen LogP contribution in [0.5, 0.6) is 0 Å². The Labute approximate surface area is 149 Å². The van der Waals surface area contributed by atoms with Gasteiger partial charge in [-0.2, -0.15) is 0 Å². The van der Waals surface area contributed by atoms with E-state index in [-0.39, 0.29) is 49.5 Å². The standard InChI is InChI=1S/C10H16N2O8.Na.H2O.H/c13-7(14)3-11(4-8(15)16)1-2-12(5-9(17)18)6-10(19)20;;;/h1-6H2,(H,13,14)(H,15,16)(H,17,18)(H,19,20);;1H2;/q;+1;;-1. The quantitative estimate of drug-likeness (QED) is 0.265. The molecule has 0 aliphatic heterocycles. The zero-order valence-electron chi connectivity index (χ0n) is 13.1. The van der Waals surface area contributed by atoms with Gasteiger partial charge in [0, 0.05) is 13.1 Å². The average molecular weight is 334 g/mol. The minimum absolute atomic E-state index is 0. The van der Waals surface area contributed by atoms with Crippen LogP contribution >= 0.6 is 0 Å². The van der Waals surface area contributed by atoms with Crippen LogP contribution in [0, 0.1) is 0 Å². The maximum atomic E-state index is 10.6. The van der Waals surface area contributed by atoms with Crippen LogP contribution < -0.4 is 29.6 Å². The molecule has 0 amide bonds. The zero-order valence-corrected chi connectivity index (χ0v) is 14.1. The fourth-order valence-electron chi connectivity index (χ4n) is 1.48. The number of nitrogens with zero attached hydrogens (tertiary/aromatic N) is 2. The molecule has 0 atom stereocenters. The van der Waals surface area contributed by atoms with Crippen LogP contribution in [0.2, 0.25) is 0 Å². The van der Waals surface area contributed by atoms with Gasteiger partial charge in [0.2, 0.25) is 0 Å². The van der Waals surface area contributed by atoms with E-state index in [0.717, 1.165) is 9.80 Å². The van der Waals surface area contributed by atoms with Gasteiger partial charge in [-0.3, -0.25) is 29.0 Å². The summed E-state index contributed by atoms with van der Waals surface area (Å²) < 4.78 is 0. The third-order valence-corrected chi connectivity index (χ3v) is 2.17. The Balaban J connectivity index is -0.000000602. The first-order valence-electron chi connectivity index (χ1n) is 5.52. The molecule has 0 aromatic rings. The summed E-state index contributed by atoms with van der Waals surface area (Å²) in [6.45, 7) is -2.25. The molecule has 11 nitrogen and oxygen atoms in total. The predicted molar refractivity (Wildman–Crippen MR) is 68.1 cm³/mol. The molecule has 22 heavy (non-hydrogen) atoms. The molecule has 0 aliphatic rings. The maximum Gasteiger partial charge on any atom is 1.00 e. The number of carbonyl (C=O) groups is 4. The Bertz CT molecular complexity index is 329. The van der Waals surface area contributed by atoms with Crippen LogP contribution in [0.1, 0.15) is 1.43 Å². The minimum atomic E-state index is -1.23. The molecule has 12 heteroatoms. The van der Waals surface area contributed by atoms with Crippen molar-refractivity contribution >= 4 is 23.9 Å². The van der Waals surface area contributed by atoms with E-state index in [1.165, 1.54) is 0 Å². The van der Waals surface area contributed by atoms with Gasteiger partial charge in [0.15, 0.2) is 0 Å². The molecule has 6 N–H and O–H groups in total. The molecule has 0 saturated carbocycles. The molecule has 0 bridgehead atoms. The summed E-state index contributed by atoms with van der Waals surface area (Å²) in [6, 6.07) is 0.